The van der Waals surface area contributed by atoms with E-state index in [9.17, 15) is 9.18 Å². The Labute approximate surface area is 181 Å². The van der Waals surface area contributed by atoms with Crippen molar-refractivity contribution in [3.8, 4) is 5.69 Å². The minimum Gasteiger partial charge on any atom is -0.358 e. The number of anilines is 1. The molecule has 0 aliphatic rings. The smallest absolute Gasteiger partial charge is 0.269 e. The molecule has 5 rings (SSSR count). The van der Waals surface area contributed by atoms with Gasteiger partial charge in [-0.15, -0.1) is 0 Å². The second-order valence-corrected chi connectivity index (χ2v) is 7.23. The Kier molecular flexibility index (Phi) is 4.74. The molecule has 0 bridgehead atoms. The summed E-state index contributed by atoms with van der Waals surface area (Å²) in [5, 5.41) is 3.27. The Morgan fingerprint density at radius 3 is 2.69 bits per heavy atom. The van der Waals surface area contributed by atoms with Crippen molar-refractivity contribution in [2.75, 3.05) is 11.2 Å². The van der Waals surface area contributed by atoms with Crippen LogP contribution in [0.3, 0.4) is 0 Å². The Morgan fingerprint density at radius 1 is 1.09 bits per heavy atom. The van der Waals surface area contributed by atoms with Gasteiger partial charge in [0.1, 0.15) is 29.7 Å². The van der Waals surface area contributed by atoms with E-state index >= 15 is 0 Å². The zero-order valence-electron chi connectivity index (χ0n) is 17.1. The zero-order chi connectivity index (χ0) is 22.2. The van der Waals surface area contributed by atoms with Gasteiger partial charge < -0.3 is 11.2 Å². The van der Waals surface area contributed by atoms with Gasteiger partial charge in [0.05, 0.1) is 17.2 Å². The number of halogens is 1. The third-order valence-corrected chi connectivity index (χ3v) is 5.28. The lowest BCUT2D eigenvalue weighted by molar-refractivity contribution is 0.630. The number of fused-ring (bicyclic) bond motifs is 2. The van der Waals surface area contributed by atoms with Gasteiger partial charge in [-0.2, -0.15) is 0 Å². The van der Waals surface area contributed by atoms with Gasteiger partial charge in [0.15, 0.2) is 17.0 Å². The number of benzene rings is 2. The molecule has 0 aliphatic heterocycles. The summed E-state index contributed by atoms with van der Waals surface area (Å²) in [5.41, 5.74) is 1.36. The molecule has 0 radical (unpaired) electrons. The molecule has 0 saturated heterocycles. The summed E-state index contributed by atoms with van der Waals surface area (Å²) in [6, 6.07) is 13.0. The van der Waals surface area contributed by atoms with E-state index in [1.54, 1.807) is 18.2 Å². The van der Waals surface area contributed by atoms with E-state index in [-0.39, 0.29) is 10.9 Å². The number of nitrogens with one attached hydrogen (secondary N) is 1. The maximum Gasteiger partial charge on any atom is 0.269 e. The van der Waals surface area contributed by atoms with Crippen LogP contribution in [-0.4, -0.2) is 29.2 Å². The fourth-order valence-corrected chi connectivity index (χ4v) is 3.74. The summed E-state index contributed by atoms with van der Waals surface area (Å²) in [4.78, 5) is 30.9. The van der Waals surface area contributed by atoms with Crippen molar-refractivity contribution in [1.29, 1.82) is 0 Å². The van der Waals surface area contributed by atoms with Crippen molar-refractivity contribution in [3.05, 3.63) is 83.2 Å². The summed E-state index contributed by atoms with van der Waals surface area (Å²) in [7, 11) is 0. The molecule has 3 aromatic heterocycles. The lowest BCUT2D eigenvalue weighted by Gasteiger charge is -2.22. The van der Waals surface area contributed by atoms with Crippen molar-refractivity contribution in [1.82, 2.24) is 29.2 Å². The SMILES string of the molecule is CC[C@H](Nc1ncnc2c1ncn2N)c1nc2cccc(F)c2c(=O)n1-c1ccccc1. The number of nitrogens with zero attached hydrogens (tertiary/aromatic N) is 6. The number of hydrogen-bond acceptors (Lipinski definition) is 7. The average molecular weight is 430 g/mol. The number of hydrogen-bond donors (Lipinski definition) is 2. The summed E-state index contributed by atoms with van der Waals surface area (Å²) < 4.78 is 17.3. The quantitative estimate of drug-likeness (QED) is 0.412. The number of para-hydroxylation sites is 1. The molecule has 0 aliphatic carbocycles. The van der Waals surface area contributed by atoms with Crippen molar-refractivity contribution >= 4 is 27.9 Å². The van der Waals surface area contributed by atoms with Crippen LogP contribution in [0.15, 0.2) is 66.0 Å². The first kappa shape index (κ1) is 19.6. The molecule has 3 N–H and O–H groups in total. The van der Waals surface area contributed by atoms with Crippen LogP contribution >= 0.6 is 0 Å². The minimum atomic E-state index is -0.608. The molecule has 3 heterocycles. The molecule has 0 fully saturated rings. The average Bonchev–Trinajstić information content (AvgIpc) is 3.19. The van der Waals surface area contributed by atoms with Crippen LogP contribution in [0.2, 0.25) is 0 Å². The van der Waals surface area contributed by atoms with Crippen LogP contribution in [0, 0.1) is 5.82 Å². The summed E-state index contributed by atoms with van der Waals surface area (Å²) >= 11 is 0. The molecule has 0 spiro atoms. The monoisotopic (exact) mass is 430 g/mol. The normalized spacial score (nSPS) is 12.3. The van der Waals surface area contributed by atoms with E-state index in [0.717, 1.165) is 0 Å². The number of nitrogens with two attached hydrogens (primary N) is 1. The predicted molar refractivity (Wildman–Crippen MR) is 119 cm³/mol. The van der Waals surface area contributed by atoms with Gasteiger partial charge >= 0.3 is 0 Å². The highest BCUT2D eigenvalue weighted by molar-refractivity contribution is 5.83. The van der Waals surface area contributed by atoms with Crippen molar-refractivity contribution in [2.24, 2.45) is 0 Å². The highest BCUT2D eigenvalue weighted by atomic mass is 19.1. The van der Waals surface area contributed by atoms with Crippen LogP contribution in [0.25, 0.3) is 27.8 Å². The molecule has 160 valence electrons. The van der Waals surface area contributed by atoms with Gasteiger partial charge in [-0.05, 0) is 30.7 Å². The molecule has 10 heteroatoms. The zero-order valence-corrected chi connectivity index (χ0v) is 17.1. The molecule has 1 atom stereocenters. The van der Waals surface area contributed by atoms with Crippen LogP contribution in [-0.2, 0) is 0 Å². The maximum absolute atomic E-state index is 14.6. The fourth-order valence-electron chi connectivity index (χ4n) is 3.74. The van der Waals surface area contributed by atoms with Gasteiger partial charge in [0.2, 0.25) is 0 Å². The van der Waals surface area contributed by atoms with E-state index in [1.165, 1.54) is 34.0 Å². The molecule has 0 unspecified atom stereocenters. The Hall–Kier alpha value is -4.34. The largest absolute Gasteiger partial charge is 0.358 e. The van der Waals surface area contributed by atoms with Crippen molar-refractivity contribution in [3.63, 3.8) is 0 Å². The lowest BCUT2D eigenvalue weighted by atomic mass is 10.1. The topological polar surface area (TPSA) is 117 Å². The highest BCUT2D eigenvalue weighted by Gasteiger charge is 2.23. The molecular weight excluding hydrogens is 411 g/mol. The van der Waals surface area contributed by atoms with Gasteiger partial charge in [-0.3, -0.25) is 9.36 Å². The van der Waals surface area contributed by atoms with Gasteiger partial charge in [0.25, 0.3) is 5.56 Å². The van der Waals surface area contributed by atoms with E-state index < -0.39 is 17.4 Å². The highest BCUT2D eigenvalue weighted by Crippen LogP contribution is 2.26. The third-order valence-electron chi connectivity index (χ3n) is 5.28. The third kappa shape index (κ3) is 3.13. The van der Waals surface area contributed by atoms with Crippen LogP contribution in [0.5, 0.6) is 0 Å². The molecule has 0 saturated carbocycles. The Balaban J connectivity index is 1.73. The van der Waals surface area contributed by atoms with E-state index in [1.807, 2.05) is 25.1 Å². The van der Waals surface area contributed by atoms with E-state index in [4.69, 9.17) is 10.8 Å². The Bertz CT molecular complexity index is 1500. The Morgan fingerprint density at radius 2 is 1.91 bits per heavy atom. The van der Waals surface area contributed by atoms with Gasteiger partial charge in [-0.1, -0.05) is 31.2 Å². The summed E-state index contributed by atoms with van der Waals surface area (Å²) in [6.45, 7) is 1.95. The number of nitrogen functional groups attached to an aromatic ring is 1. The maximum atomic E-state index is 14.6. The predicted octanol–water partition coefficient (Wildman–Crippen LogP) is 2.94. The standard InChI is InChI=1S/C22H19FN8O/c1-2-15(28-19-18-21(26-11-25-19)30(24)12-27-18)20-29-16-10-6-9-14(23)17(16)22(32)31(20)13-7-4-3-5-8-13/h3-12,15H,2,24H2,1H3,(H,25,26,28)/t15-/m0/s1. The molecule has 2 aromatic carbocycles. The first-order valence-electron chi connectivity index (χ1n) is 10.0. The summed E-state index contributed by atoms with van der Waals surface area (Å²) in [5.74, 6) is 6.14. The molecule has 9 nitrogen and oxygen atoms in total. The second kappa shape index (κ2) is 7.73. The first-order chi connectivity index (χ1) is 15.6. The molecule has 0 amide bonds. The second-order valence-electron chi connectivity index (χ2n) is 7.23. The number of rotatable bonds is 5. The van der Waals surface area contributed by atoms with Crippen LogP contribution in [0.1, 0.15) is 25.2 Å². The summed E-state index contributed by atoms with van der Waals surface area (Å²) in [6.07, 6.45) is 3.40. The fraction of sp³-hybridized carbons (Fsp3) is 0.136. The molecule has 5 aromatic rings. The van der Waals surface area contributed by atoms with Gasteiger partial charge in [-0.25, -0.2) is 29.0 Å². The number of aromatic nitrogens is 6. The minimum absolute atomic E-state index is 0.0544. The molecule has 32 heavy (non-hydrogen) atoms. The number of imidazole rings is 1. The van der Waals surface area contributed by atoms with E-state index in [0.29, 0.717) is 34.9 Å². The van der Waals surface area contributed by atoms with Crippen LogP contribution < -0.4 is 16.7 Å². The lowest BCUT2D eigenvalue weighted by Crippen LogP contribution is -2.28. The first-order valence-corrected chi connectivity index (χ1v) is 10.0. The molecular formula is C22H19FN8O. The van der Waals surface area contributed by atoms with E-state index in [2.05, 4.69) is 20.3 Å². The van der Waals surface area contributed by atoms with Crippen molar-refractivity contribution in [2.45, 2.75) is 19.4 Å². The van der Waals surface area contributed by atoms with Gasteiger partial charge in [0, 0.05) is 0 Å². The van der Waals surface area contributed by atoms with Crippen molar-refractivity contribution < 1.29 is 4.39 Å². The van der Waals surface area contributed by atoms with Crippen LogP contribution in [0.4, 0.5) is 10.2 Å².